The van der Waals surface area contributed by atoms with Gasteiger partial charge in [-0.05, 0) is 25.0 Å². The van der Waals surface area contributed by atoms with Crippen molar-refractivity contribution in [3.05, 3.63) is 54.1 Å². The highest BCUT2D eigenvalue weighted by Gasteiger charge is 2.22. The van der Waals surface area contributed by atoms with Crippen molar-refractivity contribution >= 4 is 6.08 Å². The van der Waals surface area contributed by atoms with Crippen molar-refractivity contribution in [3.8, 4) is 23.0 Å². The van der Waals surface area contributed by atoms with Crippen LogP contribution in [0.4, 0.5) is 0 Å². The third-order valence-electron chi connectivity index (χ3n) is 3.79. The van der Waals surface area contributed by atoms with Crippen LogP contribution < -0.4 is 4.74 Å². The van der Waals surface area contributed by atoms with Crippen LogP contribution >= 0.6 is 0 Å². The van der Waals surface area contributed by atoms with E-state index in [0.29, 0.717) is 5.89 Å². The van der Waals surface area contributed by atoms with E-state index in [-0.39, 0.29) is 0 Å². The SMILES string of the molecule is COc1cccc(-n2nc(-c3ncco3)c3c2CCC=C3)c1. The van der Waals surface area contributed by atoms with Crippen LogP contribution in [0, 0.1) is 0 Å². The topological polar surface area (TPSA) is 53.1 Å². The van der Waals surface area contributed by atoms with Gasteiger partial charge in [-0.1, -0.05) is 18.2 Å². The second kappa shape index (κ2) is 5.18. The number of fused-ring (bicyclic) bond motifs is 1. The number of rotatable bonds is 3. The lowest BCUT2D eigenvalue weighted by Gasteiger charge is -2.11. The minimum atomic E-state index is 0.546. The number of oxazole rings is 1. The van der Waals surface area contributed by atoms with Crippen molar-refractivity contribution in [2.24, 2.45) is 0 Å². The Morgan fingerprint density at radius 2 is 2.27 bits per heavy atom. The van der Waals surface area contributed by atoms with Gasteiger partial charge in [-0.25, -0.2) is 9.67 Å². The minimum absolute atomic E-state index is 0.546. The molecule has 0 radical (unpaired) electrons. The van der Waals surface area contributed by atoms with E-state index < -0.39 is 0 Å². The zero-order valence-corrected chi connectivity index (χ0v) is 12.2. The summed E-state index contributed by atoms with van der Waals surface area (Å²) in [6.07, 6.45) is 9.41. The Morgan fingerprint density at radius 1 is 1.32 bits per heavy atom. The Kier molecular flexibility index (Phi) is 3.04. The highest BCUT2D eigenvalue weighted by molar-refractivity contribution is 5.71. The van der Waals surface area contributed by atoms with Crippen LogP contribution in [0.15, 0.2) is 47.2 Å². The largest absolute Gasteiger partial charge is 0.497 e. The van der Waals surface area contributed by atoms with Gasteiger partial charge in [-0.15, -0.1) is 0 Å². The molecule has 0 unspecified atom stereocenters. The molecule has 2 heterocycles. The maximum atomic E-state index is 5.43. The second-order valence-electron chi connectivity index (χ2n) is 5.10. The molecule has 1 aliphatic rings. The first kappa shape index (κ1) is 12.9. The Hall–Kier alpha value is -2.82. The van der Waals surface area contributed by atoms with Gasteiger partial charge in [0, 0.05) is 11.6 Å². The first-order valence-corrected chi connectivity index (χ1v) is 7.19. The Labute approximate surface area is 127 Å². The molecule has 2 aromatic heterocycles. The van der Waals surface area contributed by atoms with Crippen molar-refractivity contribution in [1.29, 1.82) is 0 Å². The molecule has 0 saturated heterocycles. The zero-order chi connectivity index (χ0) is 14.9. The molecule has 0 saturated carbocycles. The van der Waals surface area contributed by atoms with Crippen molar-refractivity contribution in [2.75, 3.05) is 7.11 Å². The summed E-state index contributed by atoms with van der Waals surface area (Å²) in [5, 5.41) is 4.73. The molecule has 22 heavy (non-hydrogen) atoms. The predicted molar refractivity (Wildman–Crippen MR) is 83.0 cm³/mol. The molecule has 3 aromatic rings. The van der Waals surface area contributed by atoms with E-state index in [2.05, 4.69) is 17.1 Å². The molecule has 0 amide bonds. The van der Waals surface area contributed by atoms with Crippen molar-refractivity contribution in [2.45, 2.75) is 12.8 Å². The molecule has 1 aromatic carbocycles. The molecule has 4 rings (SSSR count). The quantitative estimate of drug-likeness (QED) is 0.741. The average molecular weight is 293 g/mol. The summed E-state index contributed by atoms with van der Waals surface area (Å²) in [6.45, 7) is 0. The van der Waals surface area contributed by atoms with Crippen molar-refractivity contribution < 1.29 is 9.15 Å². The van der Waals surface area contributed by atoms with Gasteiger partial charge in [-0.3, -0.25) is 0 Å². The van der Waals surface area contributed by atoms with Crippen LogP contribution in [0.1, 0.15) is 17.7 Å². The molecular formula is C17H15N3O2. The van der Waals surface area contributed by atoms with Crippen LogP contribution in [0.3, 0.4) is 0 Å². The average Bonchev–Trinajstić information content (AvgIpc) is 3.22. The summed E-state index contributed by atoms with van der Waals surface area (Å²) in [5.74, 6) is 1.36. The predicted octanol–water partition coefficient (Wildman–Crippen LogP) is 3.50. The molecule has 0 aliphatic heterocycles. The summed E-state index contributed by atoms with van der Waals surface area (Å²) >= 11 is 0. The lowest BCUT2D eigenvalue weighted by atomic mass is 10.0. The van der Waals surface area contributed by atoms with Gasteiger partial charge in [-0.2, -0.15) is 5.10 Å². The summed E-state index contributed by atoms with van der Waals surface area (Å²) in [4.78, 5) is 4.23. The fourth-order valence-electron chi connectivity index (χ4n) is 2.76. The van der Waals surface area contributed by atoms with Gasteiger partial charge >= 0.3 is 0 Å². The first-order chi connectivity index (χ1) is 10.9. The fourth-order valence-corrected chi connectivity index (χ4v) is 2.76. The van der Waals surface area contributed by atoms with Gasteiger partial charge < -0.3 is 9.15 Å². The lowest BCUT2D eigenvalue weighted by molar-refractivity contribution is 0.414. The molecule has 0 N–H and O–H groups in total. The molecule has 0 spiro atoms. The van der Waals surface area contributed by atoms with Crippen LogP contribution in [0.5, 0.6) is 5.75 Å². The van der Waals surface area contributed by atoms with Crippen LogP contribution in [-0.2, 0) is 6.42 Å². The normalized spacial score (nSPS) is 13.1. The first-order valence-electron chi connectivity index (χ1n) is 7.19. The molecule has 0 fully saturated rings. The highest BCUT2D eigenvalue weighted by Crippen LogP contribution is 2.31. The number of methoxy groups -OCH3 is 1. The maximum absolute atomic E-state index is 5.43. The van der Waals surface area contributed by atoms with E-state index in [4.69, 9.17) is 14.3 Å². The molecule has 5 nitrogen and oxygen atoms in total. The van der Waals surface area contributed by atoms with E-state index in [1.807, 2.05) is 28.9 Å². The smallest absolute Gasteiger partial charge is 0.247 e. The number of hydrogen-bond acceptors (Lipinski definition) is 4. The molecule has 0 atom stereocenters. The third-order valence-corrected chi connectivity index (χ3v) is 3.79. The fraction of sp³-hybridized carbons (Fsp3) is 0.176. The van der Waals surface area contributed by atoms with Gasteiger partial charge in [0.15, 0.2) is 5.69 Å². The van der Waals surface area contributed by atoms with E-state index in [1.54, 1.807) is 19.6 Å². The van der Waals surface area contributed by atoms with E-state index in [9.17, 15) is 0 Å². The second-order valence-corrected chi connectivity index (χ2v) is 5.10. The number of hydrogen-bond donors (Lipinski definition) is 0. The van der Waals surface area contributed by atoms with E-state index >= 15 is 0 Å². The minimum Gasteiger partial charge on any atom is -0.497 e. The number of nitrogens with zero attached hydrogens (tertiary/aromatic N) is 3. The Bertz CT molecular complexity index is 832. The molecule has 110 valence electrons. The molecular weight excluding hydrogens is 278 g/mol. The molecule has 0 bridgehead atoms. The third kappa shape index (κ3) is 2.02. The van der Waals surface area contributed by atoms with Crippen molar-refractivity contribution in [3.63, 3.8) is 0 Å². The summed E-state index contributed by atoms with van der Waals surface area (Å²) in [7, 11) is 1.67. The highest BCUT2D eigenvalue weighted by atomic mass is 16.5. The van der Waals surface area contributed by atoms with Crippen LogP contribution in [0.25, 0.3) is 23.3 Å². The number of ether oxygens (including phenoxy) is 1. The standard InChI is InChI=1S/C17H15N3O2/c1-21-13-6-4-5-12(11-13)20-15-8-3-2-7-14(15)16(19-20)17-18-9-10-22-17/h2,4-7,9-11H,3,8H2,1H3. The van der Waals surface area contributed by atoms with Gasteiger partial charge in [0.2, 0.25) is 5.89 Å². The Balaban J connectivity index is 1.91. The number of allylic oxidation sites excluding steroid dienone is 1. The molecule has 5 heteroatoms. The number of benzene rings is 1. The maximum Gasteiger partial charge on any atom is 0.247 e. The van der Waals surface area contributed by atoms with Crippen LogP contribution in [0.2, 0.25) is 0 Å². The summed E-state index contributed by atoms with van der Waals surface area (Å²) in [5.41, 5.74) is 4.00. The monoisotopic (exact) mass is 293 g/mol. The summed E-state index contributed by atoms with van der Waals surface area (Å²) in [6, 6.07) is 7.89. The van der Waals surface area contributed by atoms with Crippen LogP contribution in [-0.4, -0.2) is 21.9 Å². The van der Waals surface area contributed by atoms with E-state index in [1.165, 1.54) is 5.69 Å². The summed E-state index contributed by atoms with van der Waals surface area (Å²) < 4.78 is 12.7. The van der Waals surface area contributed by atoms with Crippen molar-refractivity contribution in [1.82, 2.24) is 14.8 Å². The van der Waals surface area contributed by atoms with Gasteiger partial charge in [0.05, 0.1) is 24.7 Å². The lowest BCUT2D eigenvalue weighted by Crippen LogP contribution is -2.04. The molecule has 1 aliphatic carbocycles. The van der Waals surface area contributed by atoms with Gasteiger partial charge in [0.1, 0.15) is 12.0 Å². The zero-order valence-electron chi connectivity index (χ0n) is 12.2. The van der Waals surface area contributed by atoms with E-state index in [0.717, 1.165) is 35.5 Å². The number of aromatic nitrogens is 3. The van der Waals surface area contributed by atoms with Gasteiger partial charge in [0.25, 0.3) is 0 Å². The Morgan fingerprint density at radius 3 is 3.09 bits per heavy atom.